The van der Waals surface area contributed by atoms with Crippen LogP contribution in [0.1, 0.15) is 12.7 Å². The summed E-state index contributed by atoms with van der Waals surface area (Å²) in [5, 5.41) is 2.77. The summed E-state index contributed by atoms with van der Waals surface area (Å²) in [5.74, 6) is 1.31. The number of carbonyl (C=O) groups excluding carboxylic acids is 1. The Morgan fingerprint density at radius 2 is 2.26 bits per heavy atom. The molecule has 2 aromatic rings. The smallest absolute Gasteiger partial charge is 0.228 e. The highest BCUT2D eigenvalue weighted by molar-refractivity contribution is 5.92. The van der Waals surface area contributed by atoms with E-state index in [4.69, 9.17) is 5.73 Å². The number of carbonyl (C=O) groups is 1. The van der Waals surface area contributed by atoms with Gasteiger partial charge < -0.3 is 11.1 Å². The summed E-state index contributed by atoms with van der Waals surface area (Å²) in [4.78, 5) is 20.1. The summed E-state index contributed by atoms with van der Waals surface area (Å²) < 4.78 is 1.87. The highest BCUT2D eigenvalue weighted by Gasteiger charge is 2.11. The van der Waals surface area contributed by atoms with Gasteiger partial charge in [0.2, 0.25) is 5.91 Å². The number of aromatic nitrogens is 3. The zero-order valence-corrected chi connectivity index (χ0v) is 11.0. The van der Waals surface area contributed by atoms with Gasteiger partial charge >= 0.3 is 0 Å². The van der Waals surface area contributed by atoms with Crippen LogP contribution in [0.4, 0.5) is 5.69 Å². The summed E-state index contributed by atoms with van der Waals surface area (Å²) in [7, 11) is 0. The molecule has 0 fully saturated rings. The van der Waals surface area contributed by atoms with Crippen molar-refractivity contribution in [1.82, 2.24) is 14.5 Å². The van der Waals surface area contributed by atoms with Crippen LogP contribution in [0.25, 0.3) is 5.82 Å². The van der Waals surface area contributed by atoms with Gasteiger partial charge in [0, 0.05) is 24.9 Å². The van der Waals surface area contributed by atoms with Gasteiger partial charge in [-0.2, -0.15) is 0 Å². The van der Waals surface area contributed by atoms with Crippen molar-refractivity contribution in [2.45, 2.75) is 13.8 Å². The summed E-state index contributed by atoms with van der Waals surface area (Å²) in [5.41, 5.74) is 6.10. The fourth-order valence-electron chi connectivity index (χ4n) is 1.60. The van der Waals surface area contributed by atoms with Crippen LogP contribution < -0.4 is 11.1 Å². The number of aryl methyl sites for hydroxylation is 1. The van der Waals surface area contributed by atoms with E-state index in [9.17, 15) is 4.79 Å². The Balaban J connectivity index is 2.11. The Kier molecular flexibility index (Phi) is 3.91. The molecule has 2 heterocycles. The molecule has 0 spiro atoms. The number of hydrogen-bond donors (Lipinski definition) is 2. The van der Waals surface area contributed by atoms with Crippen molar-refractivity contribution < 1.29 is 4.79 Å². The number of pyridine rings is 1. The zero-order valence-electron chi connectivity index (χ0n) is 11.0. The third-order valence-corrected chi connectivity index (χ3v) is 2.89. The van der Waals surface area contributed by atoms with Gasteiger partial charge in [0.25, 0.3) is 0 Å². The number of rotatable bonds is 4. The van der Waals surface area contributed by atoms with E-state index in [0.29, 0.717) is 12.2 Å². The molecule has 0 aliphatic heterocycles. The van der Waals surface area contributed by atoms with Crippen molar-refractivity contribution in [1.29, 1.82) is 0 Å². The normalized spacial score (nSPS) is 12.2. The zero-order chi connectivity index (χ0) is 13.8. The molecule has 0 bridgehead atoms. The summed E-state index contributed by atoms with van der Waals surface area (Å²) in [6.45, 7) is 4.01. The van der Waals surface area contributed by atoms with Crippen LogP contribution >= 0.6 is 0 Å². The Hall–Kier alpha value is -2.21. The van der Waals surface area contributed by atoms with E-state index in [1.54, 1.807) is 19.3 Å². The van der Waals surface area contributed by atoms with E-state index in [2.05, 4.69) is 15.3 Å². The van der Waals surface area contributed by atoms with E-state index < -0.39 is 0 Å². The van der Waals surface area contributed by atoms with E-state index in [0.717, 1.165) is 11.6 Å². The molecule has 0 aliphatic rings. The lowest BCUT2D eigenvalue weighted by Gasteiger charge is -2.10. The Morgan fingerprint density at radius 3 is 2.79 bits per heavy atom. The second kappa shape index (κ2) is 5.62. The second-order valence-electron chi connectivity index (χ2n) is 4.38. The third kappa shape index (κ3) is 2.97. The molecule has 2 rings (SSSR count). The van der Waals surface area contributed by atoms with Crippen molar-refractivity contribution in [2.75, 3.05) is 11.9 Å². The van der Waals surface area contributed by atoms with Crippen LogP contribution in [0.3, 0.4) is 0 Å². The SMILES string of the molecule is Cc1nccn1-c1ccc(NC(=O)C(C)CN)cn1. The number of nitrogens with zero attached hydrogens (tertiary/aromatic N) is 3. The van der Waals surface area contributed by atoms with Crippen molar-refractivity contribution in [3.63, 3.8) is 0 Å². The average Bonchev–Trinajstić information content (AvgIpc) is 2.85. The number of hydrogen-bond acceptors (Lipinski definition) is 4. The Morgan fingerprint density at radius 1 is 1.47 bits per heavy atom. The van der Waals surface area contributed by atoms with Crippen LogP contribution in [-0.4, -0.2) is 27.0 Å². The molecular weight excluding hydrogens is 242 g/mol. The van der Waals surface area contributed by atoms with Gasteiger partial charge in [-0.25, -0.2) is 9.97 Å². The topological polar surface area (TPSA) is 85.8 Å². The van der Waals surface area contributed by atoms with E-state index in [-0.39, 0.29) is 11.8 Å². The van der Waals surface area contributed by atoms with Gasteiger partial charge in [0.05, 0.1) is 11.9 Å². The van der Waals surface area contributed by atoms with Gasteiger partial charge in [-0.1, -0.05) is 6.92 Å². The minimum absolute atomic E-state index is 0.101. The van der Waals surface area contributed by atoms with Crippen LogP contribution in [0.15, 0.2) is 30.7 Å². The molecule has 2 aromatic heterocycles. The predicted molar refractivity (Wildman–Crippen MR) is 72.9 cm³/mol. The largest absolute Gasteiger partial charge is 0.330 e. The molecule has 100 valence electrons. The molecule has 0 aliphatic carbocycles. The Labute approximate surface area is 111 Å². The van der Waals surface area contributed by atoms with E-state index in [1.165, 1.54) is 0 Å². The fourth-order valence-corrected chi connectivity index (χ4v) is 1.60. The molecule has 1 atom stereocenters. The maximum absolute atomic E-state index is 11.7. The highest BCUT2D eigenvalue weighted by Crippen LogP contribution is 2.12. The van der Waals surface area contributed by atoms with Crippen LogP contribution in [0.5, 0.6) is 0 Å². The highest BCUT2D eigenvalue weighted by atomic mass is 16.1. The van der Waals surface area contributed by atoms with Gasteiger partial charge in [-0.3, -0.25) is 9.36 Å². The first-order valence-corrected chi connectivity index (χ1v) is 6.09. The average molecular weight is 259 g/mol. The summed E-state index contributed by atoms with van der Waals surface area (Å²) in [6.07, 6.45) is 5.18. The number of anilines is 1. The third-order valence-electron chi connectivity index (χ3n) is 2.89. The lowest BCUT2D eigenvalue weighted by atomic mass is 10.1. The van der Waals surface area contributed by atoms with Crippen LogP contribution in [0.2, 0.25) is 0 Å². The molecule has 0 saturated heterocycles. The van der Waals surface area contributed by atoms with E-state index >= 15 is 0 Å². The number of nitrogens with two attached hydrogens (primary N) is 1. The molecule has 1 amide bonds. The summed E-state index contributed by atoms with van der Waals surface area (Å²) in [6, 6.07) is 3.64. The first-order valence-electron chi connectivity index (χ1n) is 6.09. The maximum atomic E-state index is 11.7. The second-order valence-corrected chi connectivity index (χ2v) is 4.38. The fraction of sp³-hybridized carbons (Fsp3) is 0.308. The molecule has 19 heavy (non-hydrogen) atoms. The minimum atomic E-state index is -0.212. The first kappa shape index (κ1) is 13.2. The van der Waals surface area contributed by atoms with Gasteiger partial charge in [0.15, 0.2) is 0 Å². The monoisotopic (exact) mass is 259 g/mol. The predicted octanol–water partition coefficient (Wildman–Crippen LogP) is 1.11. The summed E-state index contributed by atoms with van der Waals surface area (Å²) >= 11 is 0. The maximum Gasteiger partial charge on any atom is 0.228 e. The molecule has 0 radical (unpaired) electrons. The van der Waals surface area contributed by atoms with Crippen LogP contribution in [0, 0.1) is 12.8 Å². The quantitative estimate of drug-likeness (QED) is 0.861. The van der Waals surface area contributed by atoms with Crippen molar-refractivity contribution in [2.24, 2.45) is 11.7 Å². The van der Waals surface area contributed by atoms with Gasteiger partial charge in [0.1, 0.15) is 11.6 Å². The number of nitrogens with one attached hydrogen (secondary N) is 1. The van der Waals surface area contributed by atoms with Gasteiger partial charge in [-0.05, 0) is 19.1 Å². The molecule has 3 N–H and O–H groups in total. The van der Waals surface area contributed by atoms with Crippen molar-refractivity contribution in [3.8, 4) is 5.82 Å². The molecule has 6 nitrogen and oxygen atoms in total. The van der Waals surface area contributed by atoms with Crippen LogP contribution in [-0.2, 0) is 4.79 Å². The lowest BCUT2D eigenvalue weighted by Crippen LogP contribution is -2.26. The molecular formula is C13H17N5O. The lowest BCUT2D eigenvalue weighted by molar-refractivity contribution is -0.119. The van der Waals surface area contributed by atoms with Crippen molar-refractivity contribution >= 4 is 11.6 Å². The number of amides is 1. The standard InChI is InChI=1S/C13H17N5O/c1-9(7-14)13(19)17-11-3-4-12(16-8-11)18-6-5-15-10(18)2/h3-6,8-9H,7,14H2,1-2H3,(H,17,19). The molecule has 1 unspecified atom stereocenters. The number of imidazole rings is 1. The van der Waals surface area contributed by atoms with Crippen molar-refractivity contribution in [3.05, 3.63) is 36.5 Å². The Bertz CT molecular complexity index is 561. The first-order chi connectivity index (χ1) is 9.11. The van der Waals surface area contributed by atoms with Gasteiger partial charge in [-0.15, -0.1) is 0 Å². The minimum Gasteiger partial charge on any atom is -0.330 e. The molecule has 0 aromatic carbocycles. The van der Waals surface area contributed by atoms with E-state index in [1.807, 2.05) is 29.8 Å². The molecule has 0 saturated carbocycles. The molecule has 6 heteroatoms.